The minimum absolute atomic E-state index is 0.00903. The van der Waals surface area contributed by atoms with E-state index < -0.39 is 15.9 Å². The van der Waals surface area contributed by atoms with Gasteiger partial charge in [0.05, 0.1) is 9.92 Å². The van der Waals surface area contributed by atoms with Crippen LogP contribution in [0.2, 0.25) is 5.02 Å². The molecule has 2 heterocycles. The molecule has 2 aromatic carbocycles. The van der Waals surface area contributed by atoms with Gasteiger partial charge in [-0.25, -0.2) is 23.1 Å². The molecule has 0 aliphatic heterocycles. The molecule has 2 aromatic heterocycles. The minimum atomic E-state index is -3.87. The van der Waals surface area contributed by atoms with Gasteiger partial charge in [0.25, 0.3) is 15.9 Å². The number of ether oxygens (including phenoxy) is 1. The van der Waals surface area contributed by atoms with E-state index in [4.69, 9.17) is 20.8 Å². The van der Waals surface area contributed by atoms with Crippen LogP contribution in [-0.4, -0.2) is 24.3 Å². The number of benzene rings is 2. The molecule has 0 unspecified atom stereocenters. The highest BCUT2D eigenvalue weighted by Gasteiger charge is 2.17. The number of halogens is 1. The van der Waals surface area contributed by atoms with Crippen LogP contribution in [-0.2, 0) is 16.6 Å². The molecule has 0 radical (unpaired) electrons. The molecule has 0 saturated heterocycles. The zero-order chi connectivity index (χ0) is 24.1. The number of nitrogens with zero attached hydrogens (tertiary/aromatic N) is 2. The first kappa shape index (κ1) is 23.3. The number of hydrogen-bond donors (Lipinski definition) is 2. The second-order valence-corrected chi connectivity index (χ2v) is 9.19. The molecule has 4 aromatic rings. The lowest BCUT2D eigenvalue weighted by Gasteiger charge is -2.09. The second-order valence-electron chi connectivity index (χ2n) is 7.10. The van der Waals surface area contributed by atoms with Gasteiger partial charge < -0.3 is 14.5 Å². The number of furan rings is 1. The Bertz CT molecular complexity index is 1390. The van der Waals surface area contributed by atoms with Crippen molar-refractivity contribution in [3.63, 3.8) is 0 Å². The van der Waals surface area contributed by atoms with E-state index in [9.17, 15) is 13.2 Å². The molecule has 174 valence electrons. The molecule has 4 rings (SSSR count). The van der Waals surface area contributed by atoms with Crippen molar-refractivity contribution in [2.24, 2.45) is 0 Å². The van der Waals surface area contributed by atoms with E-state index in [0.29, 0.717) is 22.2 Å². The summed E-state index contributed by atoms with van der Waals surface area (Å²) < 4.78 is 38.5. The molecule has 0 aliphatic carbocycles. The van der Waals surface area contributed by atoms with Crippen molar-refractivity contribution < 1.29 is 22.4 Å². The van der Waals surface area contributed by atoms with Gasteiger partial charge in [-0.15, -0.1) is 0 Å². The smallest absolute Gasteiger partial charge is 0.291 e. The quantitative estimate of drug-likeness (QED) is 0.362. The highest BCUT2D eigenvalue weighted by atomic mass is 35.5. The Morgan fingerprint density at radius 1 is 1.03 bits per heavy atom. The van der Waals surface area contributed by atoms with E-state index in [1.807, 2.05) is 19.1 Å². The number of para-hydroxylation sites is 1. The number of nitrogens with one attached hydrogen (secondary N) is 2. The lowest BCUT2D eigenvalue weighted by Crippen LogP contribution is -2.15. The van der Waals surface area contributed by atoms with Crippen molar-refractivity contribution in [2.75, 3.05) is 10.0 Å². The number of aryl methyl sites for hydroxylation is 1. The van der Waals surface area contributed by atoms with Crippen LogP contribution in [0, 0.1) is 6.92 Å². The van der Waals surface area contributed by atoms with Crippen LogP contribution in [0.15, 0.2) is 82.4 Å². The summed E-state index contributed by atoms with van der Waals surface area (Å²) >= 11 is 6.15. The molecule has 9 nitrogen and oxygen atoms in total. The third-order valence-corrected chi connectivity index (χ3v) is 6.26. The predicted molar refractivity (Wildman–Crippen MR) is 126 cm³/mol. The van der Waals surface area contributed by atoms with Crippen molar-refractivity contribution in [2.45, 2.75) is 18.4 Å². The molecule has 0 atom stereocenters. The minimum Gasteiger partial charge on any atom is -0.484 e. The molecular formula is C23H19ClN4O5S. The summed E-state index contributed by atoms with van der Waals surface area (Å²) in [5, 5.41) is 3.14. The Morgan fingerprint density at radius 3 is 2.47 bits per heavy atom. The number of carbonyl (C=O) groups excluding carboxylic acids is 1. The van der Waals surface area contributed by atoms with Crippen LogP contribution < -0.4 is 14.8 Å². The van der Waals surface area contributed by atoms with Gasteiger partial charge in [-0.05, 0) is 61.0 Å². The lowest BCUT2D eigenvalue weighted by atomic mass is 10.2. The van der Waals surface area contributed by atoms with Crippen molar-refractivity contribution in [3.8, 4) is 5.75 Å². The molecule has 2 N–H and O–H groups in total. The lowest BCUT2D eigenvalue weighted by molar-refractivity contribution is 0.0992. The van der Waals surface area contributed by atoms with Crippen LogP contribution in [0.25, 0.3) is 0 Å². The Labute approximate surface area is 200 Å². The molecule has 0 aliphatic rings. The van der Waals surface area contributed by atoms with Crippen molar-refractivity contribution in [1.29, 1.82) is 0 Å². The van der Waals surface area contributed by atoms with Gasteiger partial charge in [0.2, 0.25) is 5.95 Å². The fraction of sp³-hybridized carbons (Fsp3) is 0.0870. The highest BCUT2D eigenvalue weighted by molar-refractivity contribution is 7.92. The summed E-state index contributed by atoms with van der Waals surface area (Å²) in [6.07, 6.45) is 2.85. The molecule has 0 bridgehead atoms. The average molecular weight is 499 g/mol. The zero-order valence-electron chi connectivity index (χ0n) is 17.9. The van der Waals surface area contributed by atoms with E-state index in [2.05, 4.69) is 20.0 Å². The zero-order valence-corrected chi connectivity index (χ0v) is 19.4. The van der Waals surface area contributed by atoms with Crippen molar-refractivity contribution in [1.82, 2.24) is 9.97 Å². The fourth-order valence-corrected chi connectivity index (χ4v) is 4.20. The van der Waals surface area contributed by atoms with E-state index >= 15 is 0 Å². The number of anilines is 2. The standard InChI is InChI=1S/C23H19ClN4O5S/c1-15-4-2-5-19(24)21(15)32-14-17-8-11-20(33-17)22(29)27-16-6-9-18(10-7-16)34(30,31)28-23-25-12-3-13-26-23/h2-13H,14H2,1H3,(H,27,29)(H,25,26,28). The summed E-state index contributed by atoms with van der Waals surface area (Å²) in [7, 11) is -3.87. The van der Waals surface area contributed by atoms with Crippen molar-refractivity contribution >= 4 is 39.2 Å². The Morgan fingerprint density at radius 2 is 1.76 bits per heavy atom. The number of amides is 1. The van der Waals surface area contributed by atoms with E-state index in [-0.39, 0.29) is 23.2 Å². The number of aromatic nitrogens is 2. The van der Waals surface area contributed by atoms with Crippen LogP contribution in [0.5, 0.6) is 5.75 Å². The maximum Gasteiger partial charge on any atom is 0.291 e. The molecule has 11 heteroatoms. The third kappa shape index (κ3) is 5.53. The largest absolute Gasteiger partial charge is 0.484 e. The van der Waals surface area contributed by atoms with Crippen molar-refractivity contribution in [3.05, 3.63) is 95.2 Å². The van der Waals surface area contributed by atoms with E-state index in [0.717, 1.165) is 5.56 Å². The Balaban J connectivity index is 1.37. The van der Waals surface area contributed by atoms with Gasteiger partial charge in [0.15, 0.2) is 5.76 Å². The second kappa shape index (κ2) is 9.94. The van der Waals surface area contributed by atoms with E-state index in [1.54, 1.807) is 18.2 Å². The van der Waals surface area contributed by atoms with Crippen LogP contribution in [0.4, 0.5) is 11.6 Å². The van der Waals surface area contributed by atoms with Gasteiger partial charge in [-0.2, -0.15) is 0 Å². The Kier molecular flexibility index (Phi) is 6.80. The number of rotatable bonds is 8. The summed E-state index contributed by atoms with van der Waals surface area (Å²) in [6, 6.07) is 15.8. The van der Waals surface area contributed by atoms with Gasteiger partial charge in [-0.3, -0.25) is 4.79 Å². The molecule has 0 spiro atoms. The molecule has 0 saturated carbocycles. The highest BCUT2D eigenvalue weighted by Crippen LogP contribution is 2.29. The van der Waals surface area contributed by atoms with Gasteiger partial charge >= 0.3 is 0 Å². The summed E-state index contributed by atoms with van der Waals surface area (Å²) in [4.78, 5) is 20.2. The molecule has 34 heavy (non-hydrogen) atoms. The van der Waals surface area contributed by atoms with Gasteiger partial charge in [0, 0.05) is 18.1 Å². The van der Waals surface area contributed by atoms with E-state index in [1.165, 1.54) is 42.7 Å². The maximum absolute atomic E-state index is 12.5. The summed E-state index contributed by atoms with van der Waals surface area (Å²) in [5.41, 5.74) is 1.27. The SMILES string of the molecule is Cc1cccc(Cl)c1OCc1ccc(C(=O)Nc2ccc(S(=O)(=O)Nc3ncccn3)cc2)o1. The Hall–Kier alpha value is -3.89. The van der Waals surface area contributed by atoms with Gasteiger partial charge in [0.1, 0.15) is 18.1 Å². The fourth-order valence-electron chi connectivity index (χ4n) is 2.96. The number of hydrogen-bond acceptors (Lipinski definition) is 7. The molecular weight excluding hydrogens is 480 g/mol. The normalized spacial score (nSPS) is 11.1. The summed E-state index contributed by atoms with van der Waals surface area (Å²) in [6.45, 7) is 1.98. The summed E-state index contributed by atoms with van der Waals surface area (Å²) in [5.74, 6) is 0.540. The van der Waals surface area contributed by atoms with Crippen LogP contribution in [0.3, 0.4) is 0 Å². The first-order valence-corrected chi connectivity index (χ1v) is 11.9. The molecule has 0 fully saturated rings. The molecule has 1 amide bonds. The van der Waals surface area contributed by atoms with Crippen LogP contribution >= 0.6 is 11.6 Å². The van der Waals surface area contributed by atoms with Gasteiger partial charge in [-0.1, -0.05) is 23.7 Å². The first-order valence-electron chi connectivity index (χ1n) is 10.00. The first-order chi connectivity index (χ1) is 16.3. The van der Waals surface area contributed by atoms with Crippen LogP contribution in [0.1, 0.15) is 21.9 Å². The number of carbonyl (C=O) groups is 1. The average Bonchev–Trinajstić information content (AvgIpc) is 3.29. The maximum atomic E-state index is 12.5. The third-order valence-electron chi connectivity index (χ3n) is 4.62. The number of sulfonamides is 1. The predicted octanol–water partition coefficient (Wildman–Crippen LogP) is 4.66. The topological polar surface area (TPSA) is 123 Å². The monoisotopic (exact) mass is 498 g/mol.